The fraction of sp³-hybridized carbons (Fsp3) is 0.474. The third kappa shape index (κ3) is 4.38. The van der Waals surface area contributed by atoms with Crippen LogP contribution in [0, 0.1) is 17.2 Å². The molecule has 1 aliphatic heterocycles. The van der Waals surface area contributed by atoms with E-state index in [1.807, 2.05) is 36.3 Å². The van der Waals surface area contributed by atoms with Gasteiger partial charge in [-0.2, -0.15) is 10.4 Å². The average Bonchev–Trinajstić information content (AvgIpc) is 3.25. The Bertz CT molecular complexity index is 720. The number of rotatable bonds is 7. The van der Waals surface area contributed by atoms with Crippen LogP contribution in [0.2, 0.25) is 0 Å². The minimum atomic E-state index is 0.206. The molecule has 6 heteroatoms. The van der Waals surface area contributed by atoms with Crippen LogP contribution >= 0.6 is 0 Å². The number of aliphatic hydroxyl groups is 1. The molecule has 1 saturated heterocycles. The molecule has 25 heavy (non-hydrogen) atoms. The summed E-state index contributed by atoms with van der Waals surface area (Å²) in [5, 5.41) is 22.7. The fourth-order valence-electron chi connectivity index (χ4n) is 3.44. The lowest BCUT2D eigenvalue weighted by Crippen LogP contribution is -2.24. The molecule has 0 amide bonds. The van der Waals surface area contributed by atoms with E-state index in [-0.39, 0.29) is 12.5 Å². The van der Waals surface area contributed by atoms with Crippen LogP contribution in [0.3, 0.4) is 0 Å². The summed E-state index contributed by atoms with van der Waals surface area (Å²) in [6.07, 6.45) is 4.88. The highest BCUT2D eigenvalue weighted by Crippen LogP contribution is 2.32. The van der Waals surface area contributed by atoms with Crippen LogP contribution in [0.5, 0.6) is 5.75 Å². The first-order chi connectivity index (χ1) is 12.2. The van der Waals surface area contributed by atoms with Gasteiger partial charge in [0.15, 0.2) is 0 Å². The van der Waals surface area contributed by atoms with Crippen molar-refractivity contribution in [2.24, 2.45) is 13.0 Å². The van der Waals surface area contributed by atoms with Crippen LogP contribution < -0.4 is 4.74 Å². The van der Waals surface area contributed by atoms with Crippen molar-refractivity contribution in [3.8, 4) is 11.8 Å². The van der Waals surface area contributed by atoms with E-state index in [1.54, 1.807) is 12.1 Å². The zero-order chi connectivity index (χ0) is 17.6. The van der Waals surface area contributed by atoms with Gasteiger partial charge in [-0.05, 0) is 36.2 Å². The number of nitrogens with zero attached hydrogens (tertiary/aromatic N) is 4. The van der Waals surface area contributed by atoms with Gasteiger partial charge in [-0.25, -0.2) is 0 Å². The SMILES string of the molecule is Cn1cc([C@@H]2CN(CCCOc3ccc(C#N)cc3)C[C@H]2CO)cn1. The summed E-state index contributed by atoms with van der Waals surface area (Å²) in [6, 6.07) is 9.28. The molecule has 1 aromatic carbocycles. The van der Waals surface area contributed by atoms with Crippen molar-refractivity contribution >= 4 is 0 Å². The molecule has 3 rings (SSSR count). The molecule has 2 aromatic rings. The molecular formula is C19H24N4O2. The van der Waals surface area contributed by atoms with Gasteiger partial charge in [0, 0.05) is 51.3 Å². The Kier molecular flexibility index (Phi) is 5.69. The second-order valence-electron chi connectivity index (χ2n) is 6.59. The number of benzene rings is 1. The summed E-state index contributed by atoms with van der Waals surface area (Å²) in [5.41, 5.74) is 1.85. The summed E-state index contributed by atoms with van der Waals surface area (Å²) < 4.78 is 7.55. The molecule has 1 aromatic heterocycles. The second-order valence-corrected chi connectivity index (χ2v) is 6.59. The first-order valence-corrected chi connectivity index (χ1v) is 8.64. The van der Waals surface area contributed by atoms with Gasteiger partial charge < -0.3 is 14.7 Å². The predicted octanol–water partition coefficient (Wildman–Crippen LogP) is 1.77. The van der Waals surface area contributed by atoms with E-state index < -0.39 is 0 Å². The van der Waals surface area contributed by atoms with Crippen molar-refractivity contribution in [3.63, 3.8) is 0 Å². The lowest BCUT2D eigenvalue weighted by Gasteiger charge is -2.15. The average molecular weight is 340 g/mol. The van der Waals surface area contributed by atoms with Crippen molar-refractivity contribution in [1.29, 1.82) is 5.26 Å². The molecule has 0 unspecified atom stereocenters. The topological polar surface area (TPSA) is 74.3 Å². The molecule has 1 N–H and O–H groups in total. The summed E-state index contributed by atoms with van der Waals surface area (Å²) in [6.45, 7) is 3.66. The Balaban J connectivity index is 1.45. The molecule has 2 atom stereocenters. The standard InChI is InChI=1S/C19H24N4O2/c1-22-11-16(10-21-22)19-13-23(12-17(19)14-24)7-2-8-25-18-5-3-15(9-20)4-6-18/h3-6,10-11,17,19,24H,2,7-8,12-14H2,1H3/t17-,19-/m0/s1. The van der Waals surface area contributed by atoms with E-state index in [2.05, 4.69) is 16.1 Å². The van der Waals surface area contributed by atoms with E-state index in [4.69, 9.17) is 10.00 Å². The van der Waals surface area contributed by atoms with Gasteiger partial charge in [0.25, 0.3) is 0 Å². The normalized spacial score (nSPS) is 20.5. The van der Waals surface area contributed by atoms with Crippen LogP contribution in [0.4, 0.5) is 0 Å². The predicted molar refractivity (Wildman–Crippen MR) is 94.2 cm³/mol. The van der Waals surface area contributed by atoms with Crippen LogP contribution in [-0.4, -0.2) is 52.6 Å². The zero-order valence-corrected chi connectivity index (χ0v) is 14.5. The van der Waals surface area contributed by atoms with Crippen LogP contribution in [0.25, 0.3) is 0 Å². The van der Waals surface area contributed by atoms with Crippen molar-refractivity contribution < 1.29 is 9.84 Å². The third-order valence-electron chi connectivity index (χ3n) is 4.77. The minimum absolute atomic E-state index is 0.206. The number of aryl methyl sites for hydroxylation is 1. The number of hydrogen-bond acceptors (Lipinski definition) is 5. The maximum atomic E-state index is 9.68. The molecule has 0 bridgehead atoms. The van der Waals surface area contributed by atoms with E-state index >= 15 is 0 Å². The molecule has 1 fully saturated rings. The Morgan fingerprint density at radius 3 is 2.76 bits per heavy atom. The lowest BCUT2D eigenvalue weighted by molar-refractivity contribution is 0.210. The Hall–Kier alpha value is -2.36. The maximum absolute atomic E-state index is 9.68. The number of likely N-dealkylation sites (tertiary alicyclic amines) is 1. The summed E-state index contributed by atoms with van der Waals surface area (Å²) >= 11 is 0. The largest absolute Gasteiger partial charge is 0.494 e. The molecule has 1 aliphatic rings. The molecule has 0 radical (unpaired) electrons. The van der Waals surface area contributed by atoms with Crippen LogP contribution in [0.1, 0.15) is 23.5 Å². The number of aromatic nitrogens is 2. The van der Waals surface area contributed by atoms with Gasteiger partial charge in [-0.1, -0.05) is 0 Å². The monoisotopic (exact) mass is 340 g/mol. The quantitative estimate of drug-likeness (QED) is 0.778. The molecule has 6 nitrogen and oxygen atoms in total. The molecule has 0 spiro atoms. The van der Waals surface area contributed by atoms with E-state index in [1.165, 1.54) is 5.56 Å². The number of aliphatic hydroxyl groups excluding tert-OH is 1. The Labute approximate surface area is 148 Å². The van der Waals surface area contributed by atoms with Crippen molar-refractivity contribution in [3.05, 3.63) is 47.8 Å². The number of nitriles is 1. The molecule has 0 saturated carbocycles. The highest BCUT2D eigenvalue weighted by molar-refractivity contribution is 5.34. The zero-order valence-electron chi connectivity index (χ0n) is 14.5. The minimum Gasteiger partial charge on any atom is -0.494 e. The van der Waals surface area contributed by atoms with Gasteiger partial charge in [-0.3, -0.25) is 4.68 Å². The van der Waals surface area contributed by atoms with Crippen LogP contribution in [-0.2, 0) is 7.05 Å². The van der Waals surface area contributed by atoms with Crippen molar-refractivity contribution in [1.82, 2.24) is 14.7 Å². The maximum Gasteiger partial charge on any atom is 0.119 e. The number of ether oxygens (including phenoxy) is 1. The molecule has 2 heterocycles. The van der Waals surface area contributed by atoms with Gasteiger partial charge >= 0.3 is 0 Å². The van der Waals surface area contributed by atoms with Gasteiger partial charge in [0.2, 0.25) is 0 Å². The third-order valence-corrected chi connectivity index (χ3v) is 4.77. The van der Waals surface area contributed by atoms with Gasteiger partial charge in [0.05, 0.1) is 24.4 Å². The second kappa shape index (κ2) is 8.15. The van der Waals surface area contributed by atoms with Crippen molar-refractivity contribution in [2.45, 2.75) is 12.3 Å². The van der Waals surface area contributed by atoms with Gasteiger partial charge in [0.1, 0.15) is 5.75 Å². The first-order valence-electron chi connectivity index (χ1n) is 8.64. The van der Waals surface area contributed by atoms with E-state index in [9.17, 15) is 5.11 Å². The molecule has 132 valence electrons. The smallest absolute Gasteiger partial charge is 0.119 e. The lowest BCUT2D eigenvalue weighted by atomic mass is 9.92. The summed E-state index contributed by atoms with van der Waals surface area (Å²) in [4.78, 5) is 2.39. The van der Waals surface area contributed by atoms with Gasteiger partial charge in [-0.15, -0.1) is 0 Å². The van der Waals surface area contributed by atoms with E-state index in [0.29, 0.717) is 18.1 Å². The van der Waals surface area contributed by atoms with Crippen molar-refractivity contribution in [2.75, 3.05) is 32.8 Å². The fourth-order valence-corrected chi connectivity index (χ4v) is 3.44. The molecular weight excluding hydrogens is 316 g/mol. The van der Waals surface area contributed by atoms with Crippen LogP contribution in [0.15, 0.2) is 36.7 Å². The highest BCUT2D eigenvalue weighted by atomic mass is 16.5. The van der Waals surface area contributed by atoms with E-state index in [0.717, 1.165) is 31.8 Å². The molecule has 0 aliphatic carbocycles. The Morgan fingerprint density at radius 1 is 1.32 bits per heavy atom. The number of hydrogen-bond donors (Lipinski definition) is 1. The highest BCUT2D eigenvalue weighted by Gasteiger charge is 2.33. The summed E-state index contributed by atoms with van der Waals surface area (Å²) in [7, 11) is 1.92. The Morgan fingerprint density at radius 2 is 2.12 bits per heavy atom. The summed E-state index contributed by atoms with van der Waals surface area (Å²) in [5.74, 6) is 1.41. The first kappa shape index (κ1) is 17.5.